The second kappa shape index (κ2) is 13.7. The summed E-state index contributed by atoms with van der Waals surface area (Å²) in [5, 5.41) is 20.5. The average molecular weight is 653 g/mol. The highest BCUT2D eigenvalue weighted by molar-refractivity contribution is 7.19. The third kappa shape index (κ3) is 7.64. The first kappa shape index (κ1) is 31.8. The van der Waals surface area contributed by atoms with E-state index in [4.69, 9.17) is 9.84 Å². The van der Waals surface area contributed by atoms with Gasteiger partial charge in [0.1, 0.15) is 11.6 Å². The van der Waals surface area contributed by atoms with E-state index in [0.717, 1.165) is 45.4 Å². The van der Waals surface area contributed by atoms with Gasteiger partial charge in [-0.25, -0.2) is 24.4 Å². The normalized spacial score (nSPS) is 13.4. The summed E-state index contributed by atoms with van der Waals surface area (Å²) in [4.78, 5) is 41.0. The van der Waals surface area contributed by atoms with E-state index < -0.39 is 6.03 Å². The van der Waals surface area contributed by atoms with Gasteiger partial charge in [-0.1, -0.05) is 44.2 Å². The van der Waals surface area contributed by atoms with Gasteiger partial charge < -0.3 is 15.2 Å². The Balaban J connectivity index is 1.08. The van der Waals surface area contributed by atoms with Crippen molar-refractivity contribution in [3.8, 4) is 27.9 Å². The molecule has 0 radical (unpaired) electrons. The minimum Gasteiger partial charge on any atom is -0.424 e. The molecule has 2 aromatic carbocycles. The lowest BCUT2D eigenvalue weighted by Gasteiger charge is -2.23. The quantitative estimate of drug-likeness (QED) is 0.162. The van der Waals surface area contributed by atoms with Crippen LogP contribution in [-0.4, -0.2) is 54.9 Å². The van der Waals surface area contributed by atoms with Gasteiger partial charge in [-0.3, -0.25) is 15.0 Å². The fourth-order valence-corrected chi connectivity index (χ4v) is 6.01. The van der Waals surface area contributed by atoms with Crippen LogP contribution in [0, 0.1) is 0 Å². The Labute approximate surface area is 276 Å². The van der Waals surface area contributed by atoms with Crippen molar-refractivity contribution in [2.24, 2.45) is 0 Å². The van der Waals surface area contributed by atoms with Gasteiger partial charge in [-0.2, -0.15) is 5.10 Å². The molecule has 6 rings (SSSR count). The lowest BCUT2D eigenvalue weighted by Crippen LogP contribution is -2.34. The van der Waals surface area contributed by atoms with Crippen molar-refractivity contribution in [3.63, 3.8) is 0 Å². The SMILES string of the molecule is CC(C)(C)c1cc(NC(=O)Nc2cnc(Oc3ccc(-c4cnc(N5CCCCC5=O)s4)cc3)nc2)n(-c2cccc(CCO)c2)n1. The molecule has 12 nitrogen and oxygen atoms in total. The van der Waals surface area contributed by atoms with Gasteiger partial charge in [0.25, 0.3) is 0 Å². The van der Waals surface area contributed by atoms with Crippen molar-refractivity contribution in [3.05, 3.63) is 84.4 Å². The Hall–Kier alpha value is -5.14. The second-order valence-electron chi connectivity index (χ2n) is 12.2. The number of ether oxygens (including phenoxy) is 1. The van der Waals surface area contributed by atoms with Crippen LogP contribution in [-0.2, 0) is 16.6 Å². The number of aliphatic hydroxyl groups excluding tert-OH is 1. The van der Waals surface area contributed by atoms with E-state index in [0.29, 0.717) is 36.6 Å². The summed E-state index contributed by atoms with van der Waals surface area (Å²) < 4.78 is 7.51. The summed E-state index contributed by atoms with van der Waals surface area (Å²) in [5.74, 6) is 1.17. The molecule has 5 aromatic rings. The number of benzene rings is 2. The maximum absolute atomic E-state index is 13.0. The van der Waals surface area contributed by atoms with Gasteiger partial charge in [-0.05, 0) is 66.8 Å². The maximum atomic E-state index is 13.0. The zero-order valence-electron chi connectivity index (χ0n) is 26.4. The summed E-state index contributed by atoms with van der Waals surface area (Å²) in [6, 6.07) is 16.6. The molecule has 4 heterocycles. The van der Waals surface area contributed by atoms with Crippen molar-refractivity contribution in [2.45, 2.75) is 51.9 Å². The molecule has 0 saturated carbocycles. The molecule has 1 fully saturated rings. The fourth-order valence-electron chi connectivity index (χ4n) is 5.04. The Morgan fingerprint density at radius 1 is 1.00 bits per heavy atom. The Morgan fingerprint density at radius 3 is 2.51 bits per heavy atom. The highest BCUT2D eigenvalue weighted by Crippen LogP contribution is 2.34. The van der Waals surface area contributed by atoms with Crippen molar-refractivity contribution in [1.29, 1.82) is 0 Å². The van der Waals surface area contributed by atoms with Crippen LogP contribution in [0.3, 0.4) is 0 Å². The number of piperidine rings is 1. The van der Waals surface area contributed by atoms with Crippen molar-refractivity contribution < 1.29 is 19.4 Å². The summed E-state index contributed by atoms with van der Waals surface area (Å²) in [7, 11) is 0. The number of amides is 3. The number of aliphatic hydroxyl groups is 1. The van der Waals surface area contributed by atoms with Gasteiger partial charge in [0.15, 0.2) is 5.13 Å². The van der Waals surface area contributed by atoms with Gasteiger partial charge in [0, 0.05) is 37.3 Å². The molecule has 1 aliphatic heterocycles. The highest BCUT2D eigenvalue weighted by Gasteiger charge is 2.23. The van der Waals surface area contributed by atoms with Gasteiger partial charge >= 0.3 is 12.0 Å². The van der Waals surface area contributed by atoms with E-state index >= 15 is 0 Å². The summed E-state index contributed by atoms with van der Waals surface area (Å²) in [5.41, 5.74) is 3.64. The Kier molecular flexibility index (Phi) is 9.27. The molecule has 3 aromatic heterocycles. The molecule has 3 N–H and O–H groups in total. The lowest BCUT2D eigenvalue weighted by molar-refractivity contribution is -0.119. The summed E-state index contributed by atoms with van der Waals surface area (Å²) in [6.07, 6.45) is 7.74. The topological polar surface area (TPSA) is 147 Å². The fraction of sp³-hybridized carbons (Fsp3) is 0.294. The maximum Gasteiger partial charge on any atom is 0.324 e. The number of nitrogens with zero attached hydrogens (tertiary/aromatic N) is 6. The zero-order chi connectivity index (χ0) is 33.0. The predicted molar refractivity (Wildman–Crippen MR) is 182 cm³/mol. The molecular weight excluding hydrogens is 616 g/mol. The zero-order valence-corrected chi connectivity index (χ0v) is 27.3. The number of carbonyl (C=O) groups is 2. The average Bonchev–Trinajstić information content (AvgIpc) is 3.71. The first-order chi connectivity index (χ1) is 22.7. The number of hydrogen-bond donors (Lipinski definition) is 3. The molecule has 0 bridgehead atoms. The van der Waals surface area contributed by atoms with E-state index in [1.54, 1.807) is 15.8 Å². The molecule has 1 saturated heterocycles. The van der Waals surface area contributed by atoms with Crippen LogP contribution in [0.15, 0.2) is 73.2 Å². The van der Waals surface area contributed by atoms with E-state index in [1.165, 1.54) is 23.7 Å². The standard InChI is InChI=1S/C34H36N8O4S/c1-34(2,3)28-18-29(42(40-28)25-8-6-7-22(17-25)14-16-43)39-31(45)38-24-19-35-32(36-20-24)46-26-12-10-23(11-13-26)27-21-37-33(47-27)41-15-5-4-9-30(41)44/h6-8,10-13,17-21,43H,4-5,9,14-16H2,1-3H3,(H2,38,39,45). The summed E-state index contributed by atoms with van der Waals surface area (Å²) in [6.45, 7) is 6.91. The van der Waals surface area contributed by atoms with Gasteiger partial charge in [0.05, 0.1) is 34.3 Å². The number of rotatable bonds is 9. The first-order valence-corrected chi connectivity index (χ1v) is 16.2. The second-order valence-corrected chi connectivity index (χ2v) is 13.2. The number of carbonyl (C=O) groups excluding carboxylic acids is 2. The first-order valence-electron chi connectivity index (χ1n) is 15.4. The van der Waals surface area contributed by atoms with E-state index in [1.807, 2.05) is 54.6 Å². The van der Waals surface area contributed by atoms with Crippen LogP contribution in [0.5, 0.6) is 11.8 Å². The van der Waals surface area contributed by atoms with Gasteiger partial charge in [0.2, 0.25) is 5.91 Å². The number of thiazole rings is 1. The van der Waals surface area contributed by atoms with Crippen LogP contribution in [0.2, 0.25) is 0 Å². The smallest absolute Gasteiger partial charge is 0.324 e. The number of urea groups is 1. The molecule has 0 atom stereocenters. The van der Waals surface area contributed by atoms with Crippen molar-refractivity contribution in [1.82, 2.24) is 24.7 Å². The largest absolute Gasteiger partial charge is 0.424 e. The van der Waals surface area contributed by atoms with Gasteiger partial charge in [-0.15, -0.1) is 0 Å². The highest BCUT2D eigenvalue weighted by atomic mass is 32.1. The number of nitrogens with one attached hydrogen (secondary N) is 2. The van der Waals surface area contributed by atoms with E-state index in [2.05, 4.69) is 46.4 Å². The van der Waals surface area contributed by atoms with Crippen molar-refractivity contribution >= 4 is 39.9 Å². The molecule has 3 amide bonds. The molecule has 0 aliphatic carbocycles. The minimum atomic E-state index is -0.484. The predicted octanol–water partition coefficient (Wildman–Crippen LogP) is 6.57. The third-order valence-electron chi connectivity index (χ3n) is 7.56. The lowest BCUT2D eigenvalue weighted by atomic mass is 9.92. The van der Waals surface area contributed by atoms with E-state index in [9.17, 15) is 14.7 Å². The number of hydrogen-bond acceptors (Lipinski definition) is 9. The monoisotopic (exact) mass is 652 g/mol. The Bertz CT molecular complexity index is 1860. The molecule has 1 aliphatic rings. The molecule has 0 unspecified atom stereocenters. The molecule has 0 spiro atoms. The van der Waals surface area contributed by atoms with Crippen LogP contribution in [0.25, 0.3) is 16.1 Å². The molecular formula is C34H36N8O4S. The molecule has 47 heavy (non-hydrogen) atoms. The van der Waals surface area contributed by atoms with Crippen LogP contribution in [0.4, 0.5) is 21.4 Å². The minimum absolute atomic E-state index is 0.0413. The molecule has 242 valence electrons. The third-order valence-corrected chi connectivity index (χ3v) is 8.63. The molecule has 13 heteroatoms. The van der Waals surface area contributed by atoms with Crippen molar-refractivity contribution in [2.75, 3.05) is 28.7 Å². The number of anilines is 3. The van der Waals surface area contributed by atoms with Crippen LogP contribution in [0.1, 0.15) is 51.3 Å². The Morgan fingerprint density at radius 2 is 1.79 bits per heavy atom. The van der Waals surface area contributed by atoms with Crippen LogP contribution < -0.4 is 20.3 Å². The summed E-state index contributed by atoms with van der Waals surface area (Å²) >= 11 is 1.49. The van der Waals surface area contributed by atoms with Crippen LogP contribution >= 0.6 is 11.3 Å². The number of aromatic nitrogens is 5. The van der Waals surface area contributed by atoms with E-state index in [-0.39, 0.29) is 23.9 Å².